The number of esters is 1. The van der Waals surface area contributed by atoms with E-state index < -0.39 is 11.8 Å². The van der Waals surface area contributed by atoms with Crippen molar-refractivity contribution >= 4 is 44.5 Å². The molecule has 3 aromatic rings. The molecule has 0 amide bonds. The molecular formula is C23H23BrClFN2O3. The summed E-state index contributed by atoms with van der Waals surface area (Å²) in [6, 6.07) is 6.60. The number of hydrogen-bond donors (Lipinski definition) is 0. The number of methoxy groups -OCH3 is 1. The van der Waals surface area contributed by atoms with Crippen LogP contribution in [-0.4, -0.2) is 35.8 Å². The van der Waals surface area contributed by atoms with E-state index in [4.69, 9.17) is 21.1 Å². The van der Waals surface area contributed by atoms with Crippen molar-refractivity contribution in [3.8, 4) is 0 Å². The average Bonchev–Trinajstić information content (AvgIpc) is 3.24. The summed E-state index contributed by atoms with van der Waals surface area (Å²) in [5, 5.41) is 0.605. The van der Waals surface area contributed by atoms with Crippen LogP contribution in [-0.2, 0) is 15.9 Å². The molecule has 5 nitrogen and oxygen atoms in total. The maximum Gasteiger partial charge on any atom is 0.338 e. The Bertz CT molecular complexity index is 1190. The number of rotatable bonds is 4. The van der Waals surface area contributed by atoms with Gasteiger partial charge in [-0.15, -0.1) is 0 Å². The summed E-state index contributed by atoms with van der Waals surface area (Å²) < 4.78 is 28.5. The van der Waals surface area contributed by atoms with Crippen molar-refractivity contribution in [1.29, 1.82) is 0 Å². The number of halogens is 3. The van der Waals surface area contributed by atoms with Crippen molar-refractivity contribution in [1.82, 2.24) is 9.55 Å². The minimum absolute atomic E-state index is 0.0740. The smallest absolute Gasteiger partial charge is 0.338 e. The van der Waals surface area contributed by atoms with Crippen LogP contribution in [0, 0.1) is 18.2 Å². The summed E-state index contributed by atoms with van der Waals surface area (Å²) in [7, 11) is 1.28. The minimum atomic E-state index is -0.594. The molecule has 0 aliphatic carbocycles. The number of aromatic nitrogens is 2. The van der Waals surface area contributed by atoms with Gasteiger partial charge < -0.3 is 14.0 Å². The van der Waals surface area contributed by atoms with E-state index in [1.807, 2.05) is 23.6 Å². The average molecular weight is 510 g/mol. The summed E-state index contributed by atoms with van der Waals surface area (Å²) >= 11 is 10.0. The van der Waals surface area contributed by atoms with Crippen LogP contribution < -0.4 is 0 Å². The molecule has 1 aliphatic heterocycles. The van der Waals surface area contributed by atoms with Gasteiger partial charge in [-0.25, -0.2) is 14.2 Å². The van der Waals surface area contributed by atoms with Crippen LogP contribution in [0.15, 0.2) is 28.7 Å². The van der Waals surface area contributed by atoms with Gasteiger partial charge in [0.1, 0.15) is 11.3 Å². The number of carbonyl (C=O) groups excluding carboxylic acids is 1. The normalized spacial score (nSPS) is 18.0. The van der Waals surface area contributed by atoms with Crippen molar-refractivity contribution in [3.63, 3.8) is 0 Å². The van der Waals surface area contributed by atoms with Crippen LogP contribution >= 0.6 is 27.5 Å². The second kappa shape index (κ2) is 8.19. The molecule has 2 heterocycles. The van der Waals surface area contributed by atoms with Crippen LogP contribution in [0.25, 0.3) is 11.0 Å². The minimum Gasteiger partial charge on any atom is -0.465 e. The SMILES string of the molecule is COC(=O)c1cc(F)c2nc(Cc3cc(C)c(Br)cc3Cl)n([C@@H]3COCC3(C)C)c2c1. The Hall–Kier alpha value is -1.96. The van der Waals surface area contributed by atoms with Crippen molar-refractivity contribution < 1.29 is 18.7 Å². The number of fused-ring (bicyclic) bond motifs is 1. The number of imidazole rings is 1. The Kier molecular flexibility index (Phi) is 5.87. The second-order valence-corrected chi connectivity index (χ2v) is 9.87. The van der Waals surface area contributed by atoms with Gasteiger partial charge in [-0.05, 0) is 36.2 Å². The van der Waals surface area contributed by atoms with Gasteiger partial charge >= 0.3 is 5.97 Å². The molecule has 1 aliphatic rings. The number of benzene rings is 2. The van der Waals surface area contributed by atoms with Gasteiger partial charge in [-0.3, -0.25) is 0 Å². The molecule has 0 radical (unpaired) electrons. The van der Waals surface area contributed by atoms with Crippen LogP contribution in [0.3, 0.4) is 0 Å². The second-order valence-electron chi connectivity index (χ2n) is 8.60. The third-order valence-corrected chi connectivity index (χ3v) is 7.09. The Balaban J connectivity index is 1.94. The molecule has 31 heavy (non-hydrogen) atoms. The fraction of sp³-hybridized carbons (Fsp3) is 0.391. The molecule has 0 bridgehead atoms. The van der Waals surface area contributed by atoms with E-state index in [2.05, 4.69) is 34.8 Å². The number of aryl methyl sites for hydroxylation is 1. The van der Waals surface area contributed by atoms with Gasteiger partial charge in [0.2, 0.25) is 0 Å². The summed E-state index contributed by atoms with van der Waals surface area (Å²) in [5.41, 5.74) is 2.66. The lowest BCUT2D eigenvalue weighted by atomic mass is 9.87. The number of carbonyl (C=O) groups is 1. The van der Waals surface area contributed by atoms with E-state index >= 15 is 4.39 Å². The van der Waals surface area contributed by atoms with Crippen molar-refractivity contribution in [2.24, 2.45) is 5.41 Å². The molecule has 8 heteroatoms. The largest absolute Gasteiger partial charge is 0.465 e. The first-order chi connectivity index (χ1) is 14.6. The fourth-order valence-electron chi connectivity index (χ4n) is 4.11. The summed E-state index contributed by atoms with van der Waals surface area (Å²) in [5.74, 6) is -0.487. The lowest BCUT2D eigenvalue weighted by Gasteiger charge is -2.28. The molecule has 4 rings (SSSR count). The van der Waals surface area contributed by atoms with Gasteiger partial charge in [0.25, 0.3) is 0 Å². The molecule has 1 atom stereocenters. The highest BCUT2D eigenvalue weighted by Crippen LogP contribution is 2.41. The highest BCUT2D eigenvalue weighted by Gasteiger charge is 2.39. The highest BCUT2D eigenvalue weighted by molar-refractivity contribution is 9.10. The van der Waals surface area contributed by atoms with Crippen molar-refractivity contribution in [3.05, 3.63) is 62.1 Å². The predicted molar refractivity (Wildman–Crippen MR) is 121 cm³/mol. The third-order valence-electron chi connectivity index (χ3n) is 5.88. The summed E-state index contributed by atoms with van der Waals surface area (Å²) in [6.07, 6.45) is 0.418. The zero-order valence-electron chi connectivity index (χ0n) is 17.8. The molecule has 2 aromatic carbocycles. The van der Waals surface area contributed by atoms with Gasteiger partial charge in [-0.2, -0.15) is 0 Å². The molecule has 1 saturated heterocycles. The molecule has 1 fully saturated rings. The Morgan fingerprint density at radius 1 is 1.39 bits per heavy atom. The lowest BCUT2D eigenvalue weighted by Crippen LogP contribution is -2.27. The standard InChI is InChI=1S/C23H23BrClFN2O3/c1-12-5-13(16(25)9-15(12)24)8-20-27-21-17(26)6-14(22(29)30-4)7-18(21)28(20)19-10-31-11-23(19,2)3/h5-7,9,19H,8,10-11H2,1-4H3/t19-/m1/s1. The maximum absolute atomic E-state index is 15.0. The quantitative estimate of drug-likeness (QED) is 0.413. The van der Waals surface area contributed by atoms with Crippen molar-refractivity contribution in [2.75, 3.05) is 20.3 Å². The van der Waals surface area contributed by atoms with E-state index in [0.29, 0.717) is 36.0 Å². The van der Waals surface area contributed by atoms with Crippen LogP contribution in [0.2, 0.25) is 5.02 Å². The van der Waals surface area contributed by atoms with E-state index in [0.717, 1.165) is 15.6 Å². The fourth-order valence-corrected chi connectivity index (χ4v) is 4.82. The monoisotopic (exact) mass is 508 g/mol. The molecule has 1 aromatic heterocycles. The Morgan fingerprint density at radius 2 is 2.13 bits per heavy atom. The van der Waals surface area contributed by atoms with Crippen molar-refractivity contribution in [2.45, 2.75) is 33.2 Å². The first-order valence-electron chi connectivity index (χ1n) is 9.93. The van der Waals surface area contributed by atoms with Crippen LogP contribution in [0.5, 0.6) is 0 Å². The van der Waals surface area contributed by atoms with Gasteiger partial charge in [0, 0.05) is 21.3 Å². The first-order valence-corrected chi connectivity index (χ1v) is 11.1. The molecule has 0 N–H and O–H groups in total. The zero-order valence-corrected chi connectivity index (χ0v) is 20.1. The zero-order chi connectivity index (χ0) is 22.5. The number of ether oxygens (including phenoxy) is 2. The Morgan fingerprint density at radius 3 is 2.77 bits per heavy atom. The lowest BCUT2D eigenvalue weighted by molar-refractivity contribution is 0.0600. The third kappa shape index (κ3) is 3.99. The molecular weight excluding hydrogens is 487 g/mol. The summed E-state index contributed by atoms with van der Waals surface area (Å²) in [4.78, 5) is 16.8. The molecule has 0 unspecified atom stereocenters. The van der Waals surface area contributed by atoms with Gasteiger partial charge in [0.15, 0.2) is 5.82 Å². The molecule has 164 valence electrons. The summed E-state index contributed by atoms with van der Waals surface area (Å²) in [6.45, 7) is 7.26. The highest BCUT2D eigenvalue weighted by atomic mass is 79.9. The number of hydrogen-bond acceptors (Lipinski definition) is 4. The Labute approximate surface area is 193 Å². The molecule has 0 spiro atoms. The van der Waals surface area contributed by atoms with E-state index in [1.165, 1.54) is 13.2 Å². The molecule has 0 saturated carbocycles. The maximum atomic E-state index is 15.0. The van der Waals surface area contributed by atoms with Gasteiger partial charge in [-0.1, -0.05) is 47.4 Å². The first kappa shape index (κ1) is 22.2. The van der Waals surface area contributed by atoms with Crippen LogP contribution in [0.4, 0.5) is 4.39 Å². The topological polar surface area (TPSA) is 53.3 Å². The van der Waals surface area contributed by atoms with Gasteiger partial charge in [0.05, 0.1) is 37.4 Å². The van der Waals surface area contributed by atoms with E-state index in [9.17, 15) is 4.79 Å². The van der Waals surface area contributed by atoms with Crippen LogP contribution in [0.1, 0.15) is 47.2 Å². The number of nitrogens with zero attached hydrogens (tertiary/aromatic N) is 2. The van der Waals surface area contributed by atoms with E-state index in [-0.39, 0.29) is 22.5 Å². The predicted octanol–water partition coefficient (Wildman–Crippen LogP) is 5.87. The van der Waals surface area contributed by atoms with E-state index in [1.54, 1.807) is 6.07 Å².